The molecule has 1 aliphatic rings. The number of fused-ring (bicyclic) bond motifs is 1. The predicted octanol–water partition coefficient (Wildman–Crippen LogP) is 2.06. The maximum absolute atomic E-state index is 12.8. The summed E-state index contributed by atoms with van der Waals surface area (Å²) in [5, 5.41) is 17.5. The van der Waals surface area contributed by atoms with E-state index in [1.54, 1.807) is 28.9 Å². The zero-order valence-electron chi connectivity index (χ0n) is 16.0. The van der Waals surface area contributed by atoms with Crippen molar-refractivity contribution < 1.29 is 14.7 Å². The molecule has 0 unspecified atom stereocenters. The molecule has 7 heteroatoms. The van der Waals surface area contributed by atoms with E-state index in [4.69, 9.17) is 5.73 Å². The monoisotopic (exact) mass is 392 g/mol. The van der Waals surface area contributed by atoms with Crippen LogP contribution in [0.1, 0.15) is 57.7 Å². The van der Waals surface area contributed by atoms with E-state index in [2.05, 4.69) is 10.4 Å². The Bertz CT molecular complexity index is 1040. The fourth-order valence-corrected chi connectivity index (χ4v) is 3.88. The minimum atomic E-state index is -0.508. The molecule has 2 heterocycles. The van der Waals surface area contributed by atoms with Crippen LogP contribution >= 0.6 is 0 Å². The van der Waals surface area contributed by atoms with Crippen molar-refractivity contribution in [1.29, 1.82) is 0 Å². The molecule has 1 aromatic carbocycles. The fourth-order valence-electron chi connectivity index (χ4n) is 3.88. The Morgan fingerprint density at radius 1 is 1.17 bits per heavy atom. The minimum absolute atomic E-state index is 0.233. The number of aliphatic hydroxyl groups is 1. The molecule has 0 radical (unpaired) electrons. The van der Waals surface area contributed by atoms with Crippen molar-refractivity contribution in [3.05, 3.63) is 71.0 Å². The number of nitrogens with one attached hydrogen (secondary N) is 1. The van der Waals surface area contributed by atoms with Gasteiger partial charge in [-0.25, -0.2) is 4.52 Å². The summed E-state index contributed by atoms with van der Waals surface area (Å²) in [6.45, 7) is 0. The molecule has 7 nitrogen and oxygen atoms in total. The van der Waals surface area contributed by atoms with E-state index in [1.165, 1.54) is 0 Å². The highest BCUT2D eigenvalue weighted by molar-refractivity contribution is 5.93. The SMILES string of the molecule is NC(=O)c1ccc(Cc2cc(C(=O)N[C@H]3CCCC[C@@H]3O)nn3cccc23)cc1. The standard InChI is InChI=1S/C22H24N4O3/c23-21(28)15-9-7-14(8-10-15)12-16-13-18(25-26-11-3-5-19(16)26)22(29)24-17-4-1-2-6-20(17)27/h3,5,7-11,13,17,20,27H,1-2,4,6,12H2,(H2,23,28)(H,24,29)/t17-,20-/m0/s1. The van der Waals surface area contributed by atoms with Crippen LogP contribution in [0.3, 0.4) is 0 Å². The molecule has 0 saturated heterocycles. The first-order valence-electron chi connectivity index (χ1n) is 9.86. The van der Waals surface area contributed by atoms with Gasteiger partial charge < -0.3 is 16.2 Å². The molecule has 4 N–H and O–H groups in total. The second kappa shape index (κ2) is 8.05. The smallest absolute Gasteiger partial charge is 0.272 e. The van der Waals surface area contributed by atoms with E-state index in [1.807, 2.05) is 24.3 Å². The van der Waals surface area contributed by atoms with Crippen LogP contribution in [0.5, 0.6) is 0 Å². The van der Waals surface area contributed by atoms with Gasteiger partial charge in [-0.05, 0) is 60.7 Å². The van der Waals surface area contributed by atoms with E-state index in [0.717, 1.165) is 35.9 Å². The number of aliphatic hydroxyl groups excluding tert-OH is 1. The number of nitrogens with zero attached hydrogens (tertiary/aromatic N) is 2. The Kier molecular flexibility index (Phi) is 5.31. The van der Waals surface area contributed by atoms with Crippen molar-refractivity contribution in [1.82, 2.24) is 14.9 Å². The van der Waals surface area contributed by atoms with Crippen molar-refractivity contribution >= 4 is 17.3 Å². The summed E-state index contributed by atoms with van der Waals surface area (Å²) < 4.78 is 1.69. The average Bonchev–Trinajstić information content (AvgIpc) is 3.19. The molecule has 150 valence electrons. The second-order valence-corrected chi connectivity index (χ2v) is 7.56. The zero-order chi connectivity index (χ0) is 20.4. The van der Waals surface area contributed by atoms with E-state index >= 15 is 0 Å². The van der Waals surface area contributed by atoms with E-state index < -0.39 is 12.0 Å². The second-order valence-electron chi connectivity index (χ2n) is 7.56. The summed E-state index contributed by atoms with van der Waals surface area (Å²) in [4.78, 5) is 24.1. The molecule has 2 atom stereocenters. The lowest BCUT2D eigenvalue weighted by atomic mass is 9.92. The Labute approximate surface area is 168 Å². The third kappa shape index (κ3) is 4.14. The Morgan fingerprint density at radius 3 is 2.66 bits per heavy atom. The van der Waals surface area contributed by atoms with Crippen LogP contribution in [0.15, 0.2) is 48.7 Å². The van der Waals surface area contributed by atoms with Crippen molar-refractivity contribution in [3.8, 4) is 0 Å². The number of carbonyl (C=O) groups is 2. The number of nitrogens with two attached hydrogens (primary N) is 1. The Balaban J connectivity index is 1.59. The summed E-state index contributed by atoms with van der Waals surface area (Å²) in [5.74, 6) is -0.741. The molecule has 3 aromatic rings. The summed E-state index contributed by atoms with van der Waals surface area (Å²) in [6, 6.07) is 12.5. The van der Waals surface area contributed by atoms with Gasteiger partial charge in [0.25, 0.3) is 5.91 Å². The Morgan fingerprint density at radius 2 is 1.93 bits per heavy atom. The quantitative estimate of drug-likeness (QED) is 0.617. The molecular formula is C22H24N4O3. The van der Waals surface area contributed by atoms with Crippen LogP contribution in [0, 0.1) is 0 Å². The molecule has 0 spiro atoms. The normalized spacial score (nSPS) is 19.2. The van der Waals surface area contributed by atoms with E-state index in [9.17, 15) is 14.7 Å². The number of amides is 2. The predicted molar refractivity (Wildman–Crippen MR) is 109 cm³/mol. The fraction of sp³-hybridized carbons (Fsp3) is 0.318. The number of rotatable bonds is 5. The molecule has 2 amide bonds. The highest BCUT2D eigenvalue weighted by Gasteiger charge is 2.25. The molecule has 2 aromatic heterocycles. The van der Waals surface area contributed by atoms with Gasteiger partial charge >= 0.3 is 0 Å². The third-order valence-electron chi connectivity index (χ3n) is 5.50. The van der Waals surface area contributed by atoms with E-state index in [0.29, 0.717) is 24.1 Å². The van der Waals surface area contributed by atoms with Gasteiger partial charge in [0.05, 0.1) is 17.7 Å². The highest BCUT2D eigenvalue weighted by Crippen LogP contribution is 2.20. The lowest BCUT2D eigenvalue weighted by Crippen LogP contribution is -2.45. The van der Waals surface area contributed by atoms with Crippen molar-refractivity contribution in [2.75, 3.05) is 0 Å². The first-order valence-corrected chi connectivity index (χ1v) is 9.86. The van der Waals surface area contributed by atoms with Gasteiger partial charge in [-0.3, -0.25) is 9.59 Å². The van der Waals surface area contributed by atoms with Gasteiger partial charge in [0.1, 0.15) is 5.69 Å². The first-order chi connectivity index (χ1) is 14.0. The first kappa shape index (κ1) is 19.1. The number of primary amides is 1. The van der Waals surface area contributed by atoms with Gasteiger partial charge in [0.2, 0.25) is 5.91 Å². The molecule has 1 saturated carbocycles. The van der Waals surface area contributed by atoms with Crippen LogP contribution in [0.25, 0.3) is 5.52 Å². The molecule has 0 bridgehead atoms. The van der Waals surface area contributed by atoms with Crippen LogP contribution in [0.2, 0.25) is 0 Å². The molecular weight excluding hydrogens is 368 g/mol. The van der Waals surface area contributed by atoms with Crippen LogP contribution < -0.4 is 11.1 Å². The molecule has 1 fully saturated rings. The third-order valence-corrected chi connectivity index (χ3v) is 5.50. The zero-order valence-corrected chi connectivity index (χ0v) is 16.0. The van der Waals surface area contributed by atoms with Gasteiger partial charge in [-0.15, -0.1) is 0 Å². The minimum Gasteiger partial charge on any atom is -0.391 e. The summed E-state index contributed by atoms with van der Waals surface area (Å²) in [7, 11) is 0. The topological polar surface area (TPSA) is 110 Å². The maximum atomic E-state index is 12.8. The van der Waals surface area contributed by atoms with Crippen molar-refractivity contribution in [2.45, 2.75) is 44.2 Å². The number of carbonyl (C=O) groups excluding carboxylic acids is 2. The highest BCUT2D eigenvalue weighted by atomic mass is 16.3. The van der Waals surface area contributed by atoms with Crippen LogP contribution in [0.4, 0.5) is 0 Å². The number of hydrogen-bond acceptors (Lipinski definition) is 4. The molecule has 1 aliphatic carbocycles. The van der Waals surface area contributed by atoms with Gasteiger partial charge in [-0.2, -0.15) is 5.10 Å². The Hall–Kier alpha value is -3.19. The molecule has 4 rings (SSSR count). The van der Waals surface area contributed by atoms with Gasteiger partial charge in [-0.1, -0.05) is 25.0 Å². The summed E-state index contributed by atoms with van der Waals surface area (Å²) >= 11 is 0. The molecule has 0 aliphatic heterocycles. The average molecular weight is 392 g/mol. The van der Waals surface area contributed by atoms with E-state index in [-0.39, 0.29) is 11.9 Å². The molecule has 29 heavy (non-hydrogen) atoms. The summed E-state index contributed by atoms with van der Waals surface area (Å²) in [6.07, 6.45) is 5.35. The van der Waals surface area contributed by atoms with Gasteiger partial charge in [0, 0.05) is 11.8 Å². The lowest BCUT2D eigenvalue weighted by molar-refractivity contribution is 0.0712. The number of aromatic nitrogens is 2. The lowest BCUT2D eigenvalue weighted by Gasteiger charge is -2.28. The number of hydrogen-bond donors (Lipinski definition) is 3. The van der Waals surface area contributed by atoms with Crippen LogP contribution in [-0.2, 0) is 6.42 Å². The van der Waals surface area contributed by atoms with Gasteiger partial charge in [0.15, 0.2) is 0 Å². The maximum Gasteiger partial charge on any atom is 0.272 e. The van der Waals surface area contributed by atoms with Crippen molar-refractivity contribution in [2.24, 2.45) is 5.73 Å². The largest absolute Gasteiger partial charge is 0.391 e. The van der Waals surface area contributed by atoms with Crippen LogP contribution in [-0.4, -0.2) is 38.7 Å². The summed E-state index contributed by atoms with van der Waals surface area (Å²) in [5.41, 5.74) is 8.94. The number of benzene rings is 1. The van der Waals surface area contributed by atoms with Crippen molar-refractivity contribution in [3.63, 3.8) is 0 Å².